The van der Waals surface area contributed by atoms with Crippen molar-refractivity contribution in [3.63, 3.8) is 0 Å². The van der Waals surface area contributed by atoms with Crippen molar-refractivity contribution < 1.29 is 9.59 Å². The van der Waals surface area contributed by atoms with Crippen molar-refractivity contribution >= 4 is 23.2 Å². The fraction of sp³-hybridized carbons (Fsp3) is 0.529. The highest BCUT2D eigenvalue weighted by molar-refractivity contribution is 6.02. The zero-order chi connectivity index (χ0) is 14.8. The smallest absolute Gasteiger partial charge is 0.231 e. The van der Waals surface area contributed by atoms with Crippen LogP contribution in [-0.2, 0) is 16.0 Å². The SMILES string of the molecule is CN1C(=O)Cc2cc(NC(=O)CC3CCCCC3)ccc21. The van der Waals surface area contributed by atoms with E-state index in [4.69, 9.17) is 0 Å². The lowest BCUT2D eigenvalue weighted by molar-refractivity contribution is -0.118. The molecule has 1 N–H and O–H groups in total. The summed E-state index contributed by atoms with van der Waals surface area (Å²) in [5.41, 5.74) is 2.75. The predicted molar refractivity (Wildman–Crippen MR) is 83.4 cm³/mol. The molecule has 2 amide bonds. The summed E-state index contributed by atoms with van der Waals surface area (Å²) < 4.78 is 0. The number of nitrogens with one attached hydrogen (secondary N) is 1. The topological polar surface area (TPSA) is 49.4 Å². The van der Waals surface area contributed by atoms with Crippen LogP contribution in [0.25, 0.3) is 0 Å². The van der Waals surface area contributed by atoms with Gasteiger partial charge in [0.25, 0.3) is 0 Å². The number of anilines is 2. The van der Waals surface area contributed by atoms with Gasteiger partial charge >= 0.3 is 0 Å². The molecule has 1 aliphatic carbocycles. The van der Waals surface area contributed by atoms with Crippen LogP contribution in [0.3, 0.4) is 0 Å². The summed E-state index contributed by atoms with van der Waals surface area (Å²) in [6, 6.07) is 5.72. The van der Waals surface area contributed by atoms with Crippen molar-refractivity contribution in [3.8, 4) is 0 Å². The second-order valence-corrected chi connectivity index (χ2v) is 6.23. The molecule has 0 radical (unpaired) electrons. The van der Waals surface area contributed by atoms with E-state index in [0.29, 0.717) is 18.8 Å². The van der Waals surface area contributed by atoms with E-state index in [1.54, 1.807) is 11.9 Å². The normalized spacial score (nSPS) is 18.7. The molecule has 1 fully saturated rings. The summed E-state index contributed by atoms with van der Waals surface area (Å²) in [5.74, 6) is 0.746. The quantitative estimate of drug-likeness (QED) is 0.928. The molecule has 0 bridgehead atoms. The molecule has 0 aromatic heterocycles. The van der Waals surface area contributed by atoms with Crippen molar-refractivity contribution in [1.29, 1.82) is 0 Å². The molecular weight excluding hydrogens is 264 g/mol. The van der Waals surface area contributed by atoms with Crippen LogP contribution in [0.1, 0.15) is 44.1 Å². The molecule has 3 rings (SSSR count). The second kappa shape index (κ2) is 5.88. The number of amides is 2. The first-order chi connectivity index (χ1) is 10.1. The van der Waals surface area contributed by atoms with E-state index >= 15 is 0 Å². The van der Waals surface area contributed by atoms with Gasteiger partial charge in [-0.05, 0) is 42.5 Å². The van der Waals surface area contributed by atoms with Crippen LogP contribution in [0, 0.1) is 5.92 Å². The highest BCUT2D eigenvalue weighted by Gasteiger charge is 2.24. The molecule has 1 aliphatic heterocycles. The van der Waals surface area contributed by atoms with E-state index < -0.39 is 0 Å². The Labute approximate surface area is 125 Å². The van der Waals surface area contributed by atoms with Gasteiger partial charge in [-0.1, -0.05) is 19.3 Å². The van der Waals surface area contributed by atoms with Crippen molar-refractivity contribution in [2.45, 2.75) is 44.9 Å². The van der Waals surface area contributed by atoms with Crippen LogP contribution in [0.2, 0.25) is 0 Å². The van der Waals surface area contributed by atoms with Gasteiger partial charge in [-0.3, -0.25) is 9.59 Å². The number of carbonyl (C=O) groups is 2. The summed E-state index contributed by atoms with van der Waals surface area (Å²) in [6.07, 6.45) is 7.23. The molecular formula is C17H22N2O2. The van der Waals surface area contributed by atoms with Crippen molar-refractivity contribution in [2.24, 2.45) is 5.92 Å². The number of likely N-dealkylation sites (N-methyl/N-ethyl adjacent to an activating group) is 1. The summed E-state index contributed by atoms with van der Waals surface area (Å²) in [7, 11) is 1.79. The number of hydrogen-bond acceptors (Lipinski definition) is 2. The van der Waals surface area contributed by atoms with Gasteiger partial charge in [0, 0.05) is 24.8 Å². The molecule has 4 heteroatoms. The molecule has 2 aliphatic rings. The van der Waals surface area contributed by atoms with Crippen molar-refractivity contribution in [3.05, 3.63) is 23.8 Å². The van der Waals surface area contributed by atoms with Crippen LogP contribution in [0.15, 0.2) is 18.2 Å². The van der Waals surface area contributed by atoms with Crippen LogP contribution < -0.4 is 10.2 Å². The summed E-state index contributed by atoms with van der Waals surface area (Å²) in [4.78, 5) is 25.5. The molecule has 0 spiro atoms. The van der Waals surface area contributed by atoms with Gasteiger partial charge in [-0.25, -0.2) is 0 Å². The third-order valence-corrected chi connectivity index (χ3v) is 4.64. The van der Waals surface area contributed by atoms with Crippen LogP contribution in [0.5, 0.6) is 0 Å². The molecule has 112 valence electrons. The Balaban J connectivity index is 1.62. The van der Waals surface area contributed by atoms with E-state index in [1.807, 2.05) is 18.2 Å². The number of nitrogens with zero attached hydrogens (tertiary/aromatic N) is 1. The lowest BCUT2D eigenvalue weighted by atomic mass is 9.87. The molecule has 21 heavy (non-hydrogen) atoms. The van der Waals surface area contributed by atoms with Crippen LogP contribution in [0.4, 0.5) is 11.4 Å². The lowest BCUT2D eigenvalue weighted by Crippen LogP contribution is -2.20. The monoisotopic (exact) mass is 286 g/mol. The molecule has 1 aromatic rings. The Kier molecular flexibility index (Phi) is 3.95. The standard InChI is InChI=1S/C17H22N2O2/c1-19-15-8-7-14(10-13(15)11-17(19)21)18-16(20)9-12-5-3-2-4-6-12/h7-8,10,12H,2-6,9,11H2,1H3,(H,18,20). The molecule has 1 heterocycles. The summed E-state index contributed by atoms with van der Waals surface area (Å²) >= 11 is 0. The van der Waals surface area contributed by atoms with E-state index in [2.05, 4.69) is 5.32 Å². The molecule has 1 aromatic carbocycles. The van der Waals surface area contributed by atoms with Gasteiger partial charge in [0.2, 0.25) is 11.8 Å². The molecule has 0 saturated heterocycles. The lowest BCUT2D eigenvalue weighted by Gasteiger charge is -2.20. The van der Waals surface area contributed by atoms with Gasteiger partial charge < -0.3 is 10.2 Å². The van der Waals surface area contributed by atoms with Crippen LogP contribution in [-0.4, -0.2) is 18.9 Å². The fourth-order valence-corrected chi connectivity index (χ4v) is 3.41. The number of hydrogen-bond donors (Lipinski definition) is 1. The third-order valence-electron chi connectivity index (χ3n) is 4.64. The predicted octanol–water partition coefficient (Wildman–Crippen LogP) is 3.11. The largest absolute Gasteiger partial charge is 0.326 e. The van der Waals surface area contributed by atoms with E-state index in [9.17, 15) is 9.59 Å². The molecule has 1 saturated carbocycles. The minimum atomic E-state index is 0.0968. The Morgan fingerprint density at radius 2 is 2.05 bits per heavy atom. The zero-order valence-electron chi connectivity index (χ0n) is 12.5. The minimum absolute atomic E-state index is 0.0968. The second-order valence-electron chi connectivity index (χ2n) is 6.23. The minimum Gasteiger partial charge on any atom is -0.326 e. The maximum absolute atomic E-state index is 12.1. The Morgan fingerprint density at radius 1 is 1.29 bits per heavy atom. The van der Waals surface area contributed by atoms with Crippen LogP contribution >= 0.6 is 0 Å². The average molecular weight is 286 g/mol. The Morgan fingerprint density at radius 3 is 2.81 bits per heavy atom. The van der Waals surface area contributed by atoms with Gasteiger partial charge in [-0.15, -0.1) is 0 Å². The van der Waals surface area contributed by atoms with E-state index in [1.165, 1.54) is 32.1 Å². The number of rotatable bonds is 3. The third kappa shape index (κ3) is 3.09. The first kappa shape index (κ1) is 14.1. The Hall–Kier alpha value is -1.84. The maximum Gasteiger partial charge on any atom is 0.231 e. The zero-order valence-corrected chi connectivity index (χ0v) is 12.5. The molecule has 0 unspecified atom stereocenters. The fourth-order valence-electron chi connectivity index (χ4n) is 3.41. The van der Waals surface area contributed by atoms with E-state index in [0.717, 1.165) is 16.9 Å². The number of benzene rings is 1. The highest BCUT2D eigenvalue weighted by atomic mass is 16.2. The van der Waals surface area contributed by atoms with Crippen molar-refractivity contribution in [2.75, 3.05) is 17.3 Å². The number of fused-ring (bicyclic) bond motifs is 1. The van der Waals surface area contributed by atoms with Gasteiger partial charge in [0.05, 0.1) is 6.42 Å². The van der Waals surface area contributed by atoms with Crippen molar-refractivity contribution in [1.82, 2.24) is 0 Å². The first-order valence-corrected chi connectivity index (χ1v) is 7.83. The van der Waals surface area contributed by atoms with Gasteiger partial charge in [0.1, 0.15) is 0 Å². The first-order valence-electron chi connectivity index (χ1n) is 7.83. The van der Waals surface area contributed by atoms with E-state index in [-0.39, 0.29) is 11.8 Å². The number of carbonyl (C=O) groups excluding carboxylic acids is 2. The highest BCUT2D eigenvalue weighted by Crippen LogP contribution is 2.30. The summed E-state index contributed by atoms with van der Waals surface area (Å²) in [6.45, 7) is 0. The van der Waals surface area contributed by atoms with Gasteiger partial charge in [0.15, 0.2) is 0 Å². The maximum atomic E-state index is 12.1. The van der Waals surface area contributed by atoms with Gasteiger partial charge in [-0.2, -0.15) is 0 Å². The molecule has 0 atom stereocenters. The Bertz CT molecular complexity index is 562. The molecule has 4 nitrogen and oxygen atoms in total. The summed E-state index contributed by atoms with van der Waals surface area (Å²) in [5, 5.41) is 2.98. The average Bonchev–Trinajstić information content (AvgIpc) is 2.74.